The van der Waals surface area contributed by atoms with E-state index in [1.807, 2.05) is 0 Å². The van der Waals surface area contributed by atoms with E-state index in [0.717, 1.165) is 0 Å². The van der Waals surface area contributed by atoms with Gasteiger partial charge in [0.2, 0.25) is 0 Å². The van der Waals surface area contributed by atoms with Gasteiger partial charge in [-0.1, -0.05) is 0 Å². The fourth-order valence-corrected chi connectivity index (χ4v) is 28.3. The van der Waals surface area contributed by atoms with Crippen LogP contribution in [0, 0.1) is 0 Å². The van der Waals surface area contributed by atoms with Gasteiger partial charge in [0.1, 0.15) is 0 Å². The van der Waals surface area contributed by atoms with Gasteiger partial charge in [-0.25, -0.2) is 0 Å². The summed E-state index contributed by atoms with van der Waals surface area (Å²) in [6.45, 7) is 0. The number of benzene rings is 6. The first kappa shape index (κ1) is 32.0. The van der Waals surface area contributed by atoms with E-state index in [1.54, 1.807) is 27.1 Å². The Bertz CT molecular complexity index is 2080. The molecule has 3 unspecified atom stereocenters. The van der Waals surface area contributed by atoms with Gasteiger partial charge in [-0.05, 0) is 0 Å². The number of hydrogen-bond donors (Lipinski definition) is 0. The van der Waals surface area contributed by atoms with E-state index in [0.29, 0.717) is 3.67 Å². The van der Waals surface area contributed by atoms with Gasteiger partial charge < -0.3 is 24.8 Å². The quantitative estimate of drug-likeness (QED) is 0.227. The molecule has 0 heterocycles. The zero-order valence-corrected chi connectivity index (χ0v) is 32.0. The first-order valence-corrected chi connectivity index (χ1v) is 26.0. The van der Waals surface area contributed by atoms with Gasteiger partial charge in [-0.15, -0.1) is 0 Å². The standard InChI is InChI=1S/C31H21.C12H11Si.2ClH.Hf/c1-4-10-23-20(7-1)13-15-26(23)29-18-17-27-25-12-6-3-9-22(25)19-30(27)31(29)28-16-14-21-8-2-5-11-24(21)28;1-3-7-11(8-4-1)13-12-9-5-2-6-10-12;;;/h1-19,26,28H;1-10,13H;2*1H;/q;;;;+2/p-2. The summed E-state index contributed by atoms with van der Waals surface area (Å²) >= 11 is -1.35. The zero-order chi connectivity index (χ0) is 29.7. The molecule has 0 radical (unpaired) electrons. The largest absolute Gasteiger partial charge is 1.00 e. The van der Waals surface area contributed by atoms with Crippen LogP contribution in [0.4, 0.5) is 0 Å². The molecule has 0 bridgehead atoms. The number of hydrogen-bond acceptors (Lipinski definition) is 0. The van der Waals surface area contributed by atoms with E-state index < -0.39 is 28.1 Å². The molecule has 0 fully saturated rings. The summed E-state index contributed by atoms with van der Waals surface area (Å²) in [5, 5.41) is 3.21. The average molecular weight is 826 g/mol. The van der Waals surface area contributed by atoms with Crippen LogP contribution in [0.1, 0.15) is 60.0 Å². The second kappa shape index (κ2) is 13.5. The van der Waals surface area contributed by atoms with Crippen molar-refractivity contribution in [2.45, 2.75) is 15.5 Å². The molecule has 0 nitrogen and oxygen atoms in total. The van der Waals surface area contributed by atoms with E-state index in [-0.39, 0.29) is 36.6 Å². The van der Waals surface area contributed by atoms with Crippen molar-refractivity contribution in [1.29, 1.82) is 0 Å². The van der Waals surface area contributed by atoms with Crippen LogP contribution in [0.25, 0.3) is 23.3 Å². The van der Waals surface area contributed by atoms with Crippen LogP contribution in [0.2, 0.25) is 0 Å². The van der Waals surface area contributed by atoms with Crippen LogP contribution in [0.3, 0.4) is 0 Å². The van der Waals surface area contributed by atoms with Crippen LogP contribution >= 0.6 is 0 Å². The summed E-state index contributed by atoms with van der Waals surface area (Å²) in [6, 6.07) is 55.5. The van der Waals surface area contributed by atoms with E-state index in [1.165, 1.54) is 38.9 Å². The van der Waals surface area contributed by atoms with E-state index >= 15 is 0 Å². The fraction of sp³-hybridized carbons (Fsp3) is 0.0698. The molecule has 0 amide bonds. The third-order valence-corrected chi connectivity index (χ3v) is 29.3. The van der Waals surface area contributed by atoms with Crippen molar-refractivity contribution in [3.8, 4) is 11.1 Å². The Balaban J connectivity index is 0.00000176. The molecule has 4 heteroatoms. The van der Waals surface area contributed by atoms with E-state index in [2.05, 4.69) is 170 Å². The van der Waals surface area contributed by atoms with E-state index in [4.69, 9.17) is 0 Å². The molecule has 0 spiro atoms. The Kier molecular flexibility index (Phi) is 9.22. The van der Waals surface area contributed by atoms with Crippen LogP contribution in [-0.2, 0) is 22.1 Å². The molecule has 3 atom stereocenters. The first-order chi connectivity index (χ1) is 22.3. The Morgan fingerprint density at radius 2 is 0.915 bits per heavy atom. The third kappa shape index (κ3) is 5.50. The average Bonchev–Trinajstić information content (AvgIpc) is 3.82. The van der Waals surface area contributed by atoms with Crippen molar-refractivity contribution >= 4 is 28.5 Å². The maximum atomic E-state index is 2.49. The summed E-state index contributed by atoms with van der Waals surface area (Å²) in [5.41, 5.74) is 14.8. The smallest absolute Gasteiger partial charge is 1.00 e. The normalized spacial score (nSPS) is 17.6. The molecule has 0 saturated carbocycles. The Morgan fingerprint density at radius 1 is 0.404 bits per heavy atom. The second-order valence-electron chi connectivity index (χ2n) is 12.4. The minimum absolute atomic E-state index is 0. The minimum Gasteiger partial charge on any atom is -1.00 e. The zero-order valence-electron chi connectivity index (χ0n) is 25.7. The van der Waals surface area contributed by atoms with Gasteiger partial charge in [-0.2, -0.15) is 0 Å². The van der Waals surface area contributed by atoms with Gasteiger partial charge in [-0.3, -0.25) is 0 Å². The molecule has 0 N–H and O–H groups in total. The Hall–Kier alpha value is -3.53. The molecule has 3 aliphatic carbocycles. The van der Waals surface area contributed by atoms with Crippen molar-refractivity contribution in [3.63, 3.8) is 0 Å². The van der Waals surface area contributed by atoms with Gasteiger partial charge >= 0.3 is 279 Å². The molecule has 226 valence electrons. The number of rotatable bonds is 6. The van der Waals surface area contributed by atoms with Crippen LogP contribution < -0.4 is 35.2 Å². The predicted octanol–water partition coefficient (Wildman–Crippen LogP) is 2.70. The van der Waals surface area contributed by atoms with Crippen LogP contribution in [0.5, 0.6) is 0 Å². The summed E-state index contributed by atoms with van der Waals surface area (Å²) in [6.07, 6.45) is 9.65. The predicted molar refractivity (Wildman–Crippen MR) is 188 cm³/mol. The molecular formula is C43H32Cl2HfSi. The van der Waals surface area contributed by atoms with Gasteiger partial charge in [0.05, 0.1) is 0 Å². The fourth-order valence-electron chi connectivity index (χ4n) is 8.00. The molecular weight excluding hydrogens is 794 g/mol. The molecule has 3 aliphatic rings. The topological polar surface area (TPSA) is 0 Å². The minimum atomic E-state index is -1.38. The molecule has 0 aromatic heterocycles. The van der Waals surface area contributed by atoms with Gasteiger partial charge in [0.15, 0.2) is 0 Å². The molecule has 0 saturated heterocycles. The van der Waals surface area contributed by atoms with Crippen LogP contribution in [0.15, 0.2) is 158 Å². The molecule has 6 aromatic rings. The SMILES string of the molecule is C1=CC(c2ccc3c(c2C2C=Cc4ccccc42)[CH]([Hf+2][SiH](c2ccccc2)c2ccccc2)c2ccccc2-3)c2ccccc21.[Cl-].[Cl-]. The van der Waals surface area contributed by atoms with Crippen molar-refractivity contribution in [2.75, 3.05) is 0 Å². The first-order valence-electron chi connectivity index (χ1n) is 16.0. The summed E-state index contributed by atoms with van der Waals surface area (Å²) in [7, 11) is 0. The van der Waals surface area contributed by atoms with Crippen molar-refractivity contribution in [1.82, 2.24) is 0 Å². The second-order valence-corrected chi connectivity index (χ2v) is 26.8. The summed E-state index contributed by atoms with van der Waals surface area (Å²) in [4.78, 5) is 0. The Labute approximate surface area is 302 Å². The van der Waals surface area contributed by atoms with Gasteiger partial charge in [0, 0.05) is 0 Å². The Morgan fingerprint density at radius 3 is 1.55 bits per heavy atom. The monoisotopic (exact) mass is 826 g/mol. The molecule has 0 aliphatic heterocycles. The van der Waals surface area contributed by atoms with Crippen molar-refractivity contribution in [3.05, 3.63) is 202 Å². The molecule has 47 heavy (non-hydrogen) atoms. The maximum absolute atomic E-state index is 2.49. The number of halogens is 2. The number of fused-ring (bicyclic) bond motifs is 5. The van der Waals surface area contributed by atoms with Crippen molar-refractivity contribution in [2.24, 2.45) is 0 Å². The van der Waals surface area contributed by atoms with Gasteiger partial charge in [0.25, 0.3) is 0 Å². The summed E-state index contributed by atoms with van der Waals surface area (Å²) in [5.74, 6) is -0.837. The number of allylic oxidation sites excluding steroid dienone is 2. The molecule has 6 aromatic carbocycles. The van der Waals surface area contributed by atoms with Crippen LogP contribution in [-0.4, -0.2) is 5.98 Å². The molecule has 9 rings (SSSR count). The summed E-state index contributed by atoms with van der Waals surface area (Å²) < 4.78 is 0.532. The van der Waals surface area contributed by atoms with E-state index in [9.17, 15) is 0 Å². The van der Waals surface area contributed by atoms with Crippen molar-refractivity contribution < 1.29 is 46.9 Å². The third-order valence-electron chi connectivity index (χ3n) is 10.0. The maximum Gasteiger partial charge on any atom is -1.00 e.